The number of pyridine rings is 1. The number of aromatic nitrogens is 4. The number of nitrogens with zero attached hydrogens (tertiary/aromatic N) is 4. The molecule has 0 bridgehead atoms. The van der Waals surface area contributed by atoms with Gasteiger partial charge in [-0.3, -0.25) is 4.68 Å². The van der Waals surface area contributed by atoms with E-state index in [1.165, 1.54) is 42.5 Å². The number of unbranched alkanes of at least 4 members (excludes halogenated alkanes) is 4. The number of aryl methyl sites for hydroxylation is 2. The van der Waals surface area contributed by atoms with Crippen molar-refractivity contribution in [3.63, 3.8) is 0 Å². The van der Waals surface area contributed by atoms with Crippen LogP contribution in [-0.4, -0.2) is 19.3 Å². The molecule has 7 rings (SSSR count). The first-order valence-electron chi connectivity index (χ1n) is 16.3. The van der Waals surface area contributed by atoms with Gasteiger partial charge in [-0.2, -0.15) is 17.2 Å². The molecular weight excluding hydrogens is 671 g/mol. The van der Waals surface area contributed by atoms with E-state index in [-0.39, 0.29) is 20.4 Å². The Kier molecular flexibility index (Phi) is 10.0. The molecule has 3 aromatic heterocycles. The third kappa shape index (κ3) is 6.67. The van der Waals surface area contributed by atoms with E-state index in [9.17, 15) is 0 Å². The van der Waals surface area contributed by atoms with Crippen molar-refractivity contribution < 1.29 is 25.2 Å². The van der Waals surface area contributed by atoms with Crippen molar-refractivity contribution in [2.24, 2.45) is 0 Å². The fraction of sp³-hybridized carbons (Fsp3) is 0.220. The first-order chi connectivity index (χ1) is 22.6. The second-order valence-electron chi connectivity index (χ2n) is 12.0. The molecule has 0 fully saturated rings. The minimum Gasteiger partial charge on any atom is -0.509 e. The van der Waals surface area contributed by atoms with Crippen molar-refractivity contribution in [2.75, 3.05) is 0 Å². The van der Waals surface area contributed by atoms with Crippen LogP contribution in [0.3, 0.4) is 0 Å². The third-order valence-electron chi connectivity index (χ3n) is 8.62. The third-order valence-corrected chi connectivity index (χ3v) is 8.62. The van der Waals surface area contributed by atoms with Crippen LogP contribution in [0.4, 0.5) is 0 Å². The van der Waals surface area contributed by atoms with Crippen molar-refractivity contribution >= 4 is 21.8 Å². The minimum absolute atomic E-state index is 0. The van der Waals surface area contributed by atoms with Crippen molar-refractivity contribution in [2.45, 2.75) is 59.3 Å². The predicted octanol–water partition coefficient (Wildman–Crippen LogP) is 10.6. The van der Waals surface area contributed by atoms with Gasteiger partial charge in [-0.25, -0.2) is 4.98 Å². The van der Waals surface area contributed by atoms with Crippen LogP contribution in [0.2, 0.25) is 0 Å². The summed E-state index contributed by atoms with van der Waals surface area (Å²) in [5, 5.41) is 7.31. The van der Waals surface area contributed by atoms with Crippen LogP contribution in [0.15, 0.2) is 103 Å². The maximum absolute atomic E-state index is 6.46. The summed E-state index contributed by atoms with van der Waals surface area (Å²) in [7, 11) is 0. The number of ether oxygens (including phenoxy) is 1. The van der Waals surface area contributed by atoms with E-state index < -0.39 is 0 Å². The molecule has 47 heavy (non-hydrogen) atoms. The zero-order valence-corrected chi connectivity index (χ0v) is 28.6. The van der Waals surface area contributed by atoms with Gasteiger partial charge in [-0.1, -0.05) is 86.7 Å². The van der Waals surface area contributed by atoms with Gasteiger partial charge in [0.1, 0.15) is 5.82 Å². The smallest absolute Gasteiger partial charge is 0.509 e. The van der Waals surface area contributed by atoms with E-state index in [0.29, 0.717) is 11.5 Å². The predicted molar refractivity (Wildman–Crippen MR) is 187 cm³/mol. The second-order valence-corrected chi connectivity index (χ2v) is 12.0. The summed E-state index contributed by atoms with van der Waals surface area (Å²) in [5.41, 5.74) is 8.68. The Morgan fingerprint density at radius 1 is 0.745 bits per heavy atom. The van der Waals surface area contributed by atoms with Gasteiger partial charge in [0.25, 0.3) is 0 Å². The molecule has 0 radical (unpaired) electrons. The van der Waals surface area contributed by atoms with Crippen molar-refractivity contribution in [1.82, 2.24) is 19.3 Å². The number of hydrogen-bond acceptors (Lipinski definition) is 3. The van der Waals surface area contributed by atoms with E-state index in [4.69, 9.17) is 14.8 Å². The Balaban J connectivity index is 0.00000386. The average molecular weight is 709 g/mol. The first kappa shape index (κ1) is 32.4. The zero-order valence-electron chi connectivity index (χ0n) is 27.1. The SMILES string of the molecule is CCCCCCCc1c(-c2ccccc2)c(C)nn1-c1[c-]c(Oc2[c-]c3c(cc2)c2ccccc2n3-c2cc(C)ccn2)ccc1.[Pd+2]. The van der Waals surface area contributed by atoms with Crippen molar-refractivity contribution in [3.05, 3.63) is 132 Å². The number of para-hydroxylation sites is 1. The Bertz CT molecular complexity index is 2130. The number of rotatable bonds is 11. The van der Waals surface area contributed by atoms with Crippen molar-refractivity contribution in [3.8, 4) is 34.1 Å². The van der Waals surface area contributed by atoms with Gasteiger partial charge < -0.3 is 9.30 Å². The topological polar surface area (TPSA) is 44.9 Å². The average Bonchev–Trinajstić information content (AvgIpc) is 3.59. The van der Waals surface area contributed by atoms with Crippen LogP contribution in [0.5, 0.6) is 11.5 Å². The standard InChI is InChI=1S/C41H38N4O.Pd/c1-4-5-6-7-11-21-38-41(31-15-9-8-10-16-31)30(3)43-45(38)32-17-14-18-33(27-32)46-34-22-23-36-35-19-12-13-20-37(35)44(39(36)28-34)40-26-29(2)24-25-42-40;/h8-10,12-20,22-26H,4-7,11,21H2,1-3H3;/q-2;+2. The molecule has 0 saturated heterocycles. The van der Waals surface area contributed by atoms with E-state index in [1.807, 2.05) is 30.5 Å². The quantitative estimate of drug-likeness (QED) is 0.0763. The molecule has 0 saturated carbocycles. The summed E-state index contributed by atoms with van der Waals surface area (Å²) >= 11 is 0. The molecule has 6 heteroatoms. The molecule has 0 aliphatic rings. The first-order valence-corrected chi connectivity index (χ1v) is 16.3. The molecule has 4 aromatic carbocycles. The van der Waals surface area contributed by atoms with E-state index >= 15 is 0 Å². The van der Waals surface area contributed by atoms with Gasteiger partial charge in [-0.05, 0) is 67.1 Å². The van der Waals surface area contributed by atoms with E-state index in [1.54, 1.807) is 0 Å². The largest absolute Gasteiger partial charge is 2.00 e. The summed E-state index contributed by atoms with van der Waals surface area (Å²) in [6.45, 7) is 6.45. The molecule has 7 aromatic rings. The van der Waals surface area contributed by atoms with Crippen LogP contribution in [-0.2, 0) is 26.8 Å². The van der Waals surface area contributed by atoms with Crippen LogP contribution >= 0.6 is 0 Å². The summed E-state index contributed by atoms with van der Waals surface area (Å²) < 4.78 is 10.7. The molecule has 0 aliphatic heterocycles. The Hall–Kier alpha value is -4.50. The molecule has 0 unspecified atom stereocenters. The fourth-order valence-electron chi connectivity index (χ4n) is 6.43. The summed E-state index contributed by atoms with van der Waals surface area (Å²) in [6.07, 6.45) is 8.93. The summed E-state index contributed by atoms with van der Waals surface area (Å²) in [6, 6.07) is 40.3. The van der Waals surface area contributed by atoms with Crippen LogP contribution in [0, 0.1) is 26.0 Å². The van der Waals surface area contributed by atoms with Crippen LogP contribution < -0.4 is 4.74 Å². The minimum atomic E-state index is 0. The maximum atomic E-state index is 6.46. The molecule has 0 atom stereocenters. The van der Waals surface area contributed by atoms with Gasteiger partial charge in [0.05, 0.1) is 5.69 Å². The van der Waals surface area contributed by atoms with Gasteiger partial charge >= 0.3 is 20.4 Å². The molecule has 0 amide bonds. The van der Waals surface area contributed by atoms with E-state index in [0.717, 1.165) is 57.4 Å². The number of benzene rings is 4. The monoisotopic (exact) mass is 708 g/mol. The normalized spacial score (nSPS) is 11.2. The van der Waals surface area contributed by atoms with E-state index in [2.05, 4.69) is 115 Å². The van der Waals surface area contributed by atoms with Crippen LogP contribution in [0.1, 0.15) is 56.0 Å². The van der Waals surface area contributed by atoms with Crippen molar-refractivity contribution in [1.29, 1.82) is 0 Å². The number of hydrogen-bond donors (Lipinski definition) is 0. The summed E-state index contributed by atoms with van der Waals surface area (Å²) in [5.74, 6) is 2.10. The fourth-order valence-corrected chi connectivity index (χ4v) is 6.43. The molecule has 238 valence electrons. The van der Waals surface area contributed by atoms with Gasteiger partial charge in [0.2, 0.25) is 0 Å². The molecule has 0 spiro atoms. The zero-order chi connectivity index (χ0) is 31.5. The Morgan fingerprint density at radius 3 is 2.36 bits per heavy atom. The Labute approximate surface area is 290 Å². The Morgan fingerprint density at radius 2 is 1.53 bits per heavy atom. The molecule has 3 heterocycles. The van der Waals surface area contributed by atoms with Crippen LogP contribution in [0.25, 0.3) is 44.4 Å². The molecule has 5 nitrogen and oxygen atoms in total. The van der Waals surface area contributed by atoms with Gasteiger partial charge in [-0.15, -0.1) is 35.7 Å². The van der Waals surface area contributed by atoms with Gasteiger partial charge in [0.15, 0.2) is 0 Å². The molecule has 0 aliphatic carbocycles. The van der Waals surface area contributed by atoms with Gasteiger partial charge in [0, 0.05) is 34.5 Å². The maximum Gasteiger partial charge on any atom is 2.00 e. The molecular formula is C41H38N4OPd. The number of fused-ring (bicyclic) bond motifs is 3. The molecule has 0 N–H and O–H groups in total. The second kappa shape index (κ2) is 14.5. The summed E-state index contributed by atoms with van der Waals surface area (Å²) in [4.78, 5) is 4.70.